The van der Waals surface area contributed by atoms with Crippen LogP contribution in [0.3, 0.4) is 0 Å². The molecule has 1 fully saturated rings. The molecule has 6 atom stereocenters. The van der Waals surface area contributed by atoms with Crippen LogP contribution in [0.1, 0.15) is 226 Å². The van der Waals surface area contributed by atoms with E-state index in [0.717, 1.165) is 135 Å². The lowest BCUT2D eigenvalue weighted by atomic mass is 9.98. The van der Waals surface area contributed by atoms with Crippen LogP contribution in [0, 0.1) is 0 Å². The molecule has 1 saturated heterocycles. The minimum absolute atomic E-state index is 0.0737. The van der Waals surface area contributed by atoms with Gasteiger partial charge in [0.15, 0.2) is 24.6 Å². The molecule has 81 heavy (non-hydrogen) atoms. The first kappa shape index (κ1) is 73.9. The fourth-order valence-electron chi connectivity index (χ4n) is 8.50. The summed E-state index contributed by atoms with van der Waals surface area (Å²) in [6.45, 7) is 5.70. The maximum atomic E-state index is 13.2. The fraction of sp³-hybridized carbons (Fsp3) is 0.623. The molecule has 1 aliphatic heterocycles. The van der Waals surface area contributed by atoms with Gasteiger partial charge in [0.1, 0.15) is 18.8 Å². The van der Waals surface area contributed by atoms with E-state index in [1.165, 1.54) is 25.7 Å². The SMILES string of the molecule is CC/C=C\C/C=C\C/C=C\C/C=C\C/C=C\C/C=C\CCC(=O)OC1C(OCC(COC(=O)CCCCCCCC/C=C\C/C=C\C/C=C\C/C=C\CC)OC(=O)CCCCCCC/C=C\CCCCCC)OC(C(=O)O)C(O)C1O. The highest BCUT2D eigenvalue weighted by molar-refractivity contribution is 5.74. The summed E-state index contributed by atoms with van der Waals surface area (Å²) in [5, 5.41) is 31.5. The maximum absolute atomic E-state index is 13.2. The van der Waals surface area contributed by atoms with Gasteiger partial charge >= 0.3 is 23.9 Å². The van der Waals surface area contributed by atoms with Crippen molar-refractivity contribution in [3.8, 4) is 0 Å². The Bertz CT molecular complexity index is 1920. The molecule has 12 heteroatoms. The number of unbranched alkanes of at least 4 members (excludes halogenated alkanes) is 15. The van der Waals surface area contributed by atoms with E-state index in [-0.39, 0.29) is 25.9 Å². The van der Waals surface area contributed by atoms with Crippen molar-refractivity contribution in [1.29, 1.82) is 0 Å². The largest absolute Gasteiger partial charge is 0.479 e. The molecule has 0 aromatic carbocycles. The number of aliphatic hydroxyl groups excluding tert-OH is 2. The van der Waals surface area contributed by atoms with Gasteiger partial charge in [-0.3, -0.25) is 14.4 Å². The number of allylic oxidation sites excluding steroid dienone is 22. The van der Waals surface area contributed by atoms with Crippen LogP contribution in [0.25, 0.3) is 0 Å². The molecular formula is C69H108O12. The van der Waals surface area contributed by atoms with Crippen LogP contribution >= 0.6 is 0 Å². The lowest BCUT2D eigenvalue weighted by molar-refractivity contribution is -0.301. The predicted octanol–water partition coefficient (Wildman–Crippen LogP) is 16.6. The van der Waals surface area contributed by atoms with E-state index in [2.05, 4.69) is 136 Å². The summed E-state index contributed by atoms with van der Waals surface area (Å²) in [7, 11) is 0. The molecule has 456 valence electrons. The first-order valence-corrected chi connectivity index (χ1v) is 31.2. The Balaban J connectivity index is 2.72. The number of aliphatic hydroxyl groups is 2. The van der Waals surface area contributed by atoms with Crippen molar-refractivity contribution in [1.82, 2.24) is 0 Å². The van der Waals surface area contributed by atoms with Crippen LogP contribution in [-0.4, -0.2) is 89.2 Å². The summed E-state index contributed by atoms with van der Waals surface area (Å²) in [6.07, 6.45) is 65.6. The number of esters is 3. The van der Waals surface area contributed by atoms with Gasteiger partial charge in [-0.25, -0.2) is 4.79 Å². The van der Waals surface area contributed by atoms with Gasteiger partial charge in [-0.2, -0.15) is 0 Å². The lowest BCUT2D eigenvalue weighted by Crippen LogP contribution is -2.61. The van der Waals surface area contributed by atoms with E-state index in [1.807, 2.05) is 18.2 Å². The van der Waals surface area contributed by atoms with Crippen molar-refractivity contribution < 1.29 is 58.2 Å². The third-order valence-corrected chi connectivity index (χ3v) is 13.2. The zero-order chi connectivity index (χ0) is 58.9. The van der Waals surface area contributed by atoms with Crippen LogP contribution < -0.4 is 0 Å². The van der Waals surface area contributed by atoms with Crippen molar-refractivity contribution in [3.63, 3.8) is 0 Å². The highest BCUT2D eigenvalue weighted by Gasteiger charge is 2.50. The Morgan fingerprint density at radius 2 is 0.802 bits per heavy atom. The molecule has 0 bridgehead atoms. The molecule has 1 aliphatic rings. The van der Waals surface area contributed by atoms with E-state index >= 15 is 0 Å². The van der Waals surface area contributed by atoms with E-state index in [0.29, 0.717) is 25.7 Å². The highest BCUT2D eigenvalue weighted by Crippen LogP contribution is 2.26. The average molecular weight is 1130 g/mol. The van der Waals surface area contributed by atoms with Gasteiger partial charge in [-0.05, 0) is 122 Å². The number of carboxylic acid groups (broad SMARTS) is 1. The van der Waals surface area contributed by atoms with Crippen LogP contribution in [0.15, 0.2) is 134 Å². The summed E-state index contributed by atoms with van der Waals surface area (Å²) < 4.78 is 28.4. The first-order chi connectivity index (χ1) is 39.6. The fourth-order valence-corrected chi connectivity index (χ4v) is 8.50. The number of carbonyl (C=O) groups excluding carboxylic acids is 3. The van der Waals surface area contributed by atoms with Crippen LogP contribution in [0.2, 0.25) is 0 Å². The summed E-state index contributed by atoms with van der Waals surface area (Å²) in [5.41, 5.74) is 0. The van der Waals surface area contributed by atoms with E-state index in [4.69, 9.17) is 23.7 Å². The second-order valence-electron chi connectivity index (χ2n) is 20.6. The summed E-state index contributed by atoms with van der Waals surface area (Å²) >= 11 is 0. The van der Waals surface area contributed by atoms with Gasteiger partial charge in [0, 0.05) is 19.3 Å². The van der Waals surface area contributed by atoms with Crippen LogP contribution in [-0.2, 0) is 42.9 Å². The molecule has 0 aromatic rings. The molecule has 12 nitrogen and oxygen atoms in total. The summed E-state index contributed by atoms with van der Waals surface area (Å²) in [5.74, 6) is -3.28. The van der Waals surface area contributed by atoms with Crippen LogP contribution in [0.5, 0.6) is 0 Å². The molecular weight excluding hydrogens is 1020 g/mol. The number of carboxylic acids is 1. The van der Waals surface area contributed by atoms with Gasteiger partial charge in [0.2, 0.25) is 0 Å². The molecule has 6 unspecified atom stereocenters. The average Bonchev–Trinajstić information content (AvgIpc) is 3.54. The van der Waals surface area contributed by atoms with Crippen molar-refractivity contribution in [2.75, 3.05) is 13.2 Å². The van der Waals surface area contributed by atoms with Crippen molar-refractivity contribution >= 4 is 23.9 Å². The molecule has 3 N–H and O–H groups in total. The number of carbonyl (C=O) groups is 4. The minimum Gasteiger partial charge on any atom is -0.479 e. The smallest absolute Gasteiger partial charge is 0.335 e. The van der Waals surface area contributed by atoms with E-state index < -0.39 is 67.3 Å². The second kappa shape index (κ2) is 55.4. The van der Waals surface area contributed by atoms with Gasteiger partial charge in [-0.1, -0.05) is 219 Å². The first-order valence-electron chi connectivity index (χ1n) is 31.2. The highest BCUT2D eigenvalue weighted by atomic mass is 16.7. The van der Waals surface area contributed by atoms with E-state index in [9.17, 15) is 34.5 Å². The molecule has 0 amide bonds. The van der Waals surface area contributed by atoms with E-state index in [1.54, 1.807) is 0 Å². The summed E-state index contributed by atoms with van der Waals surface area (Å²) in [4.78, 5) is 51.2. The standard InChI is InChI=1S/C69H108O12/c1-4-7-10-13-16-19-22-25-27-29-31-33-35-38-40-43-46-49-52-55-61(70)77-58-60(79-62(71)56-53-50-47-44-41-37-24-21-18-15-12-9-6-3)59-78-69-67(65(74)64(73)66(81-69)68(75)76)80-63(72)57-54-51-48-45-42-39-36-34-32-30-28-26-23-20-17-14-11-8-5-2/h7-8,10-11,16-17,19-21,24-28,31-34,39,42,48,51,60,64-67,69,73-74H,4-6,9,12-15,18,22-23,29-30,35-38,40-41,43-47,49-50,52-59H2,1-3H3,(H,75,76)/b10-7-,11-8-,19-16-,20-17-,24-21-,27-25-,28-26-,33-31-,34-32-,42-39-,51-48-. The normalized spacial score (nSPS) is 18.7. The molecule has 0 aliphatic carbocycles. The van der Waals surface area contributed by atoms with Gasteiger partial charge < -0.3 is 39.0 Å². The number of aliphatic carboxylic acids is 1. The molecule has 0 spiro atoms. The monoisotopic (exact) mass is 1130 g/mol. The second-order valence-corrected chi connectivity index (χ2v) is 20.6. The molecule has 1 heterocycles. The topological polar surface area (TPSA) is 175 Å². The number of rotatable bonds is 51. The van der Waals surface area contributed by atoms with Gasteiger partial charge in [-0.15, -0.1) is 0 Å². The van der Waals surface area contributed by atoms with Gasteiger partial charge in [0.25, 0.3) is 0 Å². The minimum atomic E-state index is -1.94. The van der Waals surface area contributed by atoms with Crippen molar-refractivity contribution in [3.05, 3.63) is 134 Å². The Kier molecular flexibility index (Phi) is 50.5. The number of hydrogen-bond donors (Lipinski definition) is 3. The molecule has 1 rings (SSSR count). The van der Waals surface area contributed by atoms with Crippen molar-refractivity contribution in [2.45, 2.75) is 263 Å². The molecule has 0 aromatic heterocycles. The number of hydrogen-bond acceptors (Lipinski definition) is 11. The zero-order valence-corrected chi connectivity index (χ0v) is 50.2. The Hall–Kier alpha value is -5.14. The third-order valence-electron chi connectivity index (χ3n) is 13.2. The third kappa shape index (κ3) is 45.1. The molecule has 0 saturated carbocycles. The summed E-state index contributed by atoms with van der Waals surface area (Å²) in [6, 6.07) is 0. The lowest BCUT2D eigenvalue weighted by Gasteiger charge is -2.40. The van der Waals surface area contributed by atoms with Crippen LogP contribution in [0.4, 0.5) is 0 Å². The van der Waals surface area contributed by atoms with Gasteiger partial charge in [0.05, 0.1) is 6.61 Å². The number of ether oxygens (including phenoxy) is 5. The zero-order valence-electron chi connectivity index (χ0n) is 50.2. The Morgan fingerprint density at radius 3 is 1.25 bits per heavy atom. The molecule has 0 radical (unpaired) electrons. The predicted molar refractivity (Wildman–Crippen MR) is 330 cm³/mol. The Labute approximate surface area is 490 Å². The quantitative estimate of drug-likeness (QED) is 0.0228. The van der Waals surface area contributed by atoms with Crippen molar-refractivity contribution in [2.24, 2.45) is 0 Å². The maximum Gasteiger partial charge on any atom is 0.335 e. The Morgan fingerprint density at radius 1 is 0.420 bits per heavy atom.